The molecule has 112 valence electrons. The molecule has 1 aromatic rings. The summed E-state index contributed by atoms with van der Waals surface area (Å²) in [5.41, 5.74) is 6.61. The van der Waals surface area contributed by atoms with Crippen molar-refractivity contribution in [1.29, 1.82) is 0 Å². The van der Waals surface area contributed by atoms with Crippen LogP contribution in [-0.4, -0.2) is 24.7 Å². The van der Waals surface area contributed by atoms with E-state index >= 15 is 0 Å². The number of hydrogen-bond acceptors (Lipinski definition) is 4. The van der Waals surface area contributed by atoms with Crippen LogP contribution in [-0.2, 0) is 16.0 Å². The van der Waals surface area contributed by atoms with E-state index in [1.165, 1.54) is 12.1 Å². The molecule has 0 spiro atoms. The maximum absolute atomic E-state index is 13.5. The van der Waals surface area contributed by atoms with Crippen LogP contribution in [0.1, 0.15) is 32.8 Å². The van der Waals surface area contributed by atoms with Crippen molar-refractivity contribution < 1.29 is 18.7 Å². The van der Waals surface area contributed by atoms with Crippen molar-refractivity contribution in [3.05, 3.63) is 29.6 Å². The molecule has 0 aliphatic heterocycles. The maximum Gasteiger partial charge on any atom is 0.347 e. The fourth-order valence-electron chi connectivity index (χ4n) is 1.77. The van der Waals surface area contributed by atoms with E-state index in [1.54, 1.807) is 19.9 Å². The lowest BCUT2D eigenvalue weighted by Gasteiger charge is -2.15. The normalized spacial score (nSPS) is 13.7. The lowest BCUT2D eigenvalue weighted by molar-refractivity contribution is -0.150. The highest BCUT2D eigenvalue weighted by molar-refractivity contribution is 5.74. The van der Waals surface area contributed by atoms with Crippen LogP contribution in [0.2, 0.25) is 0 Å². The van der Waals surface area contributed by atoms with Crippen molar-refractivity contribution in [2.45, 2.75) is 45.8 Å². The molecule has 0 saturated heterocycles. The third kappa shape index (κ3) is 5.17. The predicted molar refractivity (Wildman–Crippen MR) is 75.1 cm³/mol. The SMILES string of the molecule is CCOC(=O)C(C)Oc1cc(F)cc(CC(N)CC)c1. The number of carbonyl (C=O) groups excluding carboxylic acids is 1. The molecular weight excluding hydrogens is 261 g/mol. The quantitative estimate of drug-likeness (QED) is 0.781. The fourth-order valence-corrected chi connectivity index (χ4v) is 1.77. The van der Waals surface area contributed by atoms with Crippen molar-refractivity contribution in [2.75, 3.05) is 6.61 Å². The van der Waals surface area contributed by atoms with E-state index in [2.05, 4.69) is 0 Å². The Morgan fingerprint density at radius 3 is 2.65 bits per heavy atom. The summed E-state index contributed by atoms with van der Waals surface area (Å²) in [6.07, 6.45) is 0.606. The van der Waals surface area contributed by atoms with Gasteiger partial charge in [0, 0.05) is 12.1 Å². The Balaban J connectivity index is 2.77. The first kappa shape index (κ1) is 16.4. The molecule has 20 heavy (non-hydrogen) atoms. The van der Waals surface area contributed by atoms with Crippen molar-refractivity contribution in [1.82, 2.24) is 0 Å². The van der Waals surface area contributed by atoms with Crippen molar-refractivity contribution >= 4 is 5.97 Å². The minimum atomic E-state index is -0.774. The van der Waals surface area contributed by atoms with Crippen LogP contribution < -0.4 is 10.5 Å². The number of esters is 1. The monoisotopic (exact) mass is 283 g/mol. The molecule has 0 aromatic heterocycles. The van der Waals surface area contributed by atoms with Gasteiger partial charge in [-0.05, 0) is 44.4 Å². The summed E-state index contributed by atoms with van der Waals surface area (Å²) < 4.78 is 23.8. The molecule has 2 N–H and O–H groups in total. The van der Waals surface area contributed by atoms with Crippen LogP contribution in [0.25, 0.3) is 0 Å². The van der Waals surface area contributed by atoms with E-state index in [9.17, 15) is 9.18 Å². The number of ether oxygens (including phenoxy) is 2. The Bertz CT molecular complexity index is 451. The summed E-state index contributed by atoms with van der Waals surface area (Å²) in [4.78, 5) is 11.5. The van der Waals surface area contributed by atoms with Crippen LogP contribution in [0.4, 0.5) is 4.39 Å². The second-order valence-corrected chi connectivity index (χ2v) is 4.68. The minimum Gasteiger partial charge on any atom is -0.479 e. The second kappa shape index (κ2) is 7.85. The molecule has 0 fully saturated rings. The smallest absolute Gasteiger partial charge is 0.347 e. The van der Waals surface area contributed by atoms with E-state index in [0.29, 0.717) is 12.2 Å². The summed E-state index contributed by atoms with van der Waals surface area (Å²) in [5.74, 6) is -0.565. The topological polar surface area (TPSA) is 61.5 Å². The average Bonchev–Trinajstić information content (AvgIpc) is 2.38. The molecule has 1 rings (SSSR count). The summed E-state index contributed by atoms with van der Waals surface area (Å²) >= 11 is 0. The first-order valence-corrected chi connectivity index (χ1v) is 6.84. The lowest BCUT2D eigenvalue weighted by atomic mass is 10.0. The van der Waals surface area contributed by atoms with Crippen LogP contribution in [0.3, 0.4) is 0 Å². The van der Waals surface area contributed by atoms with Gasteiger partial charge >= 0.3 is 5.97 Å². The summed E-state index contributed by atoms with van der Waals surface area (Å²) in [6.45, 7) is 5.55. The third-order valence-electron chi connectivity index (χ3n) is 2.88. The van der Waals surface area contributed by atoms with E-state index in [0.717, 1.165) is 12.0 Å². The van der Waals surface area contributed by atoms with Gasteiger partial charge in [-0.15, -0.1) is 0 Å². The zero-order chi connectivity index (χ0) is 15.1. The van der Waals surface area contributed by atoms with Gasteiger partial charge in [0.2, 0.25) is 0 Å². The Morgan fingerprint density at radius 1 is 1.35 bits per heavy atom. The zero-order valence-electron chi connectivity index (χ0n) is 12.2. The molecule has 0 radical (unpaired) electrons. The van der Waals surface area contributed by atoms with E-state index in [4.69, 9.17) is 15.2 Å². The number of hydrogen-bond donors (Lipinski definition) is 1. The Labute approximate surface area is 119 Å². The molecule has 0 aliphatic rings. The molecule has 5 heteroatoms. The van der Waals surface area contributed by atoms with E-state index in [1.807, 2.05) is 6.92 Å². The average molecular weight is 283 g/mol. The summed E-state index contributed by atoms with van der Waals surface area (Å²) in [7, 11) is 0. The highest BCUT2D eigenvalue weighted by Gasteiger charge is 2.16. The van der Waals surface area contributed by atoms with Gasteiger partial charge in [0.25, 0.3) is 0 Å². The van der Waals surface area contributed by atoms with Crippen molar-refractivity contribution in [2.24, 2.45) is 5.73 Å². The van der Waals surface area contributed by atoms with Gasteiger partial charge in [0.15, 0.2) is 6.10 Å². The first-order chi connectivity index (χ1) is 9.46. The standard InChI is InChI=1S/C15H22FNO3/c1-4-13(17)7-11-6-12(16)9-14(8-11)20-10(3)15(18)19-5-2/h6,8-10,13H,4-5,7,17H2,1-3H3. The van der Waals surface area contributed by atoms with Gasteiger partial charge in [-0.25, -0.2) is 9.18 Å². The van der Waals surface area contributed by atoms with Gasteiger partial charge in [-0.1, -0.05) is 6.92 Å². The molecule has 2 atom stereocenters. The number of rotatable bonds is 7. The fraction of sp³-hybridized carbons (Fsp3) is 0.533. The number of carbonyl (C=O) groups is 1. The number of nitrogens with two attached hydrogens (primary N) is 1. The van der Waals surface area contributed by atoms with Gasteiger partial charge in [-0.3, -0.25) is 0 Å². The van der Waals surface area contributed by atoms with Gasteiger partial charge < -0.3 is 15.2 Å². The third-order valence-corrected chi connectivity index (χ3v) is 2.88. The summed E-state index contributed by atoms with van der Waals surface area (Å²) in [5, 5.41) is 0. The van der Waals surface area contributed by atoms with Gasteiger partial charge in [0.05, 0.1) is 6.61 Å². The van der Waals surface area contributed by atoms with Gasteiger partial charge in [-0.2, -0.15) is 0 Å². The Kier molecular flexibility index (Phi) is 6.45. The number of halogens is 1. The van der Waals surface area contributed by atoms with Crippen LogP contribution in [0.5, 0.6) is 5.75 Å². The van der Waals surface area contributed by atoms with E-state index < -0.39 is 17.9 Å². The molecule has 4 nitrogen and oxygen atoms in total. The molecule has 0 aliphatic carbocycles. The second-order valence-electron chi connectivity index (χ2n) is 4.68. The van der Waals surface area contributed by atoms with Gasteiger partial charge in [0.1, 0.15) is 11.6 Å². The highest BCUT2D eigenvalue weighted by atomic mass is 19.1. The molecule has 0 heterocycles. The minimum absolute atomic E-state index is 0.0212. The van der Waals surface area contributed by atoms with Crippen molar-refractivity contribution in [3.63, 3.8) is 0 Å². The zero-order valence-corrected chi connectivity index (χ0v) is 12.2. The Hall–Kier alpha value is -1.62. The number of benzene rings is 1. The first-order valence-electron chi connectivity index (χ1n) is 6.84. The van der Waals surface area contributed by atoms with Crippen LogP contribution in [0, 0.1) is 5.82 Å². The van der Waals surface area contributed by atoms with Crippen molar-refractivity contribution in [3.8, 4) is 5.75 Å². The molecule has 0 amide bonds. The lowest BCUT2D eigenvalue weighted by Crippen LogP contribution is -2.26. The molecule has 1 aromatic carbocycles. The largest absolute Gasteiger partial charge is 0.479 e. The van der Waals surface area contributed by atoms with Crippen LogP contribution >= 0.6 is 0 Å². The molecule has 2 unspecified atom stereocenters. The van der Waals surface area contributed by atoms with E-state index in [-0.39, 0.29) is 12.6 Å². The predicted octanol–water partition coefficient (Wildman–Crippen LogP) is 2.44. The van der Waals surface area contributed by atoms with Crippen LogP contribution in [0.15, 0.2) is 18.2 Å². The highest BCUT2D eigenvalue weighted by Crippen LogP contribution is 2.19. The molecule has 0 bridgehead atoms. The Morgan fingerprint density at radius 2 is 2.05 bits per heavy atom. The maximum atomic E-state index is 13.5. The molecule has 0 saturated carbocycles. The summed E-state index contributed by atoms with van der Waals surface area (Å²) in [6, 6.07) is 4.36. The molecular formula is C15H22FNO3.